The van der Waals surface area contributed by atoms with Gasteiger partial charge in [0.15, 0.2) is 0 Å². The van der Waals surface area contributed by atoms with Gasteiger partial charge in [0.2, 0.25) is 0 Å². The summed E-state index contributed by atoms with van der Waals surface area (Å²) in [5.74, 6) is -0.656. The lowest BCUT2D eigenvalue weighted by Gasteiger charge is -2.32. The van der Waals surface area contributed by atoms with Crippen molar-refractivity contribution in [2.24, 2.45) is 0 Å². The molecule has 0 radical (unpaired) electrons. The highest BCUT2D eigenvalue weighted by Crippen LogP contribution is 2.36. The van der Waals surface area contributed by atoms with Crippen LogP contribution >= 0.6 is 11.6 Å². The third-order valence-corrected chi connectivity index (χ3v) is 6.13. The lowest BCUT2D eigenvalue weighted by Crippen LogP contribution is -2.46. The maximum atomic E-state index is 13.3. The van der Waals surface area contributed by atoms with Crippen molar-refractivity contribution < 1.29 is 18.0 Å². The van der Waals surface area contributed by atoms with Crippen LogP contribution < -0.4 is 10.6 Å². The molecule has 9 heteroatoms. The van der Waals surface area contributed by atoms with Crippen LogP contribution in [0.2, 0.25) is 5.02 Å². The van der Waals surface area contributed by atoms with Crippen LogP contribution in [0.25, 0.3) is 11.1 Å². The van der Waals surface area contributed by atoms with E-state index in [-0.39, 0.29) is 11.6 Å². The summed E-state index contributed by atoms with van der Waals surface area (Å²) < 4.78 is 39.8. The first-order valence-electron chi connectivity index (χ1n) is 10.6. The second kappa shape index (κ2) is 9.89. The van der Waals surface area contributed by atoms with Crippen molar-refractivity contribution in [3.05, 3.63) is 82.9 Å². The lowest BCUT2D eigenvalue weighted by atomic mass is 9.90. The monoisotopic (exact) mass is 474 g/mol. The number of nitrogens with one attached hydrogen (secondary N) is 2. The number of carbonyl (C=O) groups is 1. The summed E-state index contributed by atoms with van der Waals surface area (Å²) in [4.78, 5) is 21.2. The maximum Gasteiger partial charge on any atom is 0.417 e. The molecule has 172 valence electrons. The van der Waals surface area contributed by atoms with Gasteiger partial charge < -0.3 is 10.6 Å². The van der Waals surface area contributed by atoms with Crippen LogP contribution in [-0.2, 0) is 6.18 Å². The van der Waals surface area contributed by atoms with Crippen LogP contribution in [0, 0.1) is 0 Å². The Bertz CT molecular complexity index is 1120. The number of hydrogen-bond donors (Lipinski definition) is 2. The van der Waals surface area contributed by atoms with Gasteiger partial charge in [0.25, 0.3) is 5.91 Å². The van der Waals surface area contributed by atoms with Gasteiger partial charge in [0.1, 0.15) is 6.33 Å². The first-order valence-corrected chi connectivity index (χ1v) is 11.0. The van der Waals surface area contributed by atoms with Crippen molar-refractivity contribution >= 4 is 17.5 Å². The van der Waals surface area contributed by atoms with Crippen LogP contribution in [0.5, 0.6) is 0 Å². The van der Waals surface area contributed by atoms with Crippen molar-refractivity contribution in [3.63, 3.8) is 0 Å². The van der Waals surface area contributed by atoms with Crippen molar-refractivity contribution in [1.82, 2.24) is 20.6 Å². The predicted octanol–water partition coefficient (Wildman–Crippen LogP) is 5.43. The molecule has 1 saturated heterocycles. The fourth-order valence-corrected chi connectivity index (χ4v) is 4.40. The average molecular weight is 475 g/mol. The molecule has 1 aromatic heterocycles. The van der Waals surface area contributed by atoms with Crippen molar-refractivity contribution in [2.75, 3.05) is 6.54 Å². The highest BCUT2D eigenvalue weighted by atomic mass is 35.5. The first-order chi connectivity index (χ1) is 15.8. The minimum absolute atomic E-state index is 0.0745. The van der Waals surface area contributed by atoms with Gasteiger partial charge in [0, 0.05) is 24.0 Å². The molecule has 1 aliphatic heterocycles. The van der Waals surface area contributed by atoms with E-state index in [1.54, 1.807) is 12.4 Å². The fraction of sp³-hybridized carbons (Fsp3) is 0.292. The number of nitrogens with zero attached hydrogens (tertiary/aromatic N) is 2. The molecule has 0 unspecified atom stereocenters. The number of hydrogen-bond acceptors (Lipinski definition) is 4. The van der Waals surface area contributed by atoms with Gasteiger partial charge in [-0.15, -0.1) is 0 Å². The summed E-state index contributed by atoms with van der Waals surface area (Å²) in [6, 6.07) is 10.4. The van der Waals surface area contributed by atoms with Crippen molar-refractivity contribution in [1.29, 1.82) is 0 Å². The standard InChI is InChI=1S/C24H22ClF3N4O/c25-21-18(7-4-8-19(21)24(26,27)28)23(33)32-22(20-9-1-2-10-31-20)16-6-3-5-15(11-16)17-12-29-14-30-13-17/h3-8,11-14,20,22,31H,1-2,9-10H2,(H,32,33)/t20-,22-/m0/s1. The van der Waals surface area contributed by atoms with Crippen LogP contribution in [0.1, 0.15) is 46.8 Å². The largest absolute Gasteiger partial charge is 0.417 e. The first kappa shape index (κ1) is 23.2. The zero-order valence-corrected chi connectivity index (χ0v) is 18.3. The number of halogens is 4. The second-order valence-electron chi connectivity index (χ2n) is 7.93. The zero-order chi connectivity index (χ0) is 23.4. The summed E-state index contributed by atoms with van der Waals surface area (Å²) >= 11 is 6.00. The fourth-order valence-electron chi connectivity index (χ4n) is 4.08. The molecule has 0 aliphatic carbocycles. The predicted molar refractivity (Wildman–Crippen MR) is 120 cm³/mol. The Morgan fingerprint density at radius 3 is 2.55 bits per heavy atom. The summed E-state index contributed by atoms with van der Waals surface area (Å²) in [5, 5.41) is 5.76. The molecule has 5 nitrogen and oxygen atoms in total. The number of piperidine rings is 1. The van der Waals surface area contributed by atoms with E-state index in [1.807, 2.05) is 24.3 Å². The van der Waals surface area contributed by atoms with Crippen molar-refractivity contribution in [2.45, 2.75) is 37.5 Å². The topological polar surface area (TPSA) is 66.9 Å². The lowest BCUT2D eigenvalue weighted by molar-refractivity contribution is -0.137. The van der Waals surface area contributed by atoms with Crippen LogP contribution in [0.4, 0.5) is 13.2 Å². The molecule has 2 aromatic carbocycles. The number of amides is 1. The minimum atomic E-state index is -4.65. The molecule has 33 heavy (non-hydrogen) atoms. The van der Waals surface area contributed by atoms with Gasteiger partial charge in [0.05, 0.1) is 22.2 Å². The van der Waals surface area contributed by atoms with Gasteiger partial charge in [-0.2, -0.15) is 13.2 Å². The number of benzene rings is 2. The van der Waals surface area contributed by atoms with Crippen LogP contribution in [0.15, 0.2) is 61.2 Å². The molecule has 3 aromatic rings. The average Bonchev–Trinajstić information content (AvgIpc) is 2.83. The molecular formula is C24H22ClF3N4O. The molecule has 2 heterocycles. The Hall–Kier alpha value is -2.97. The van der Waals surface area contributed by atoms with E-state index in [4.69, 9.17) is 11.6 Å². The van der Waals surface area contributed by atoms with E-state index in [0.717, 1.165) is 48.6 Å². The van der Waals surface area contributed by atoms with Gasteiger partial charge in [-0.25, -0.2) is 9.97 Å². The van der Waals surface area contributed by atoms with Gasteiger partial charge in [-0.3, -0.25) is 4.79 Å². The van der Waals surface area contributed by atoms with Gasteiger partial charge >= 0.3 is 6.18 Å². The van der Waals surface area contributed by atoms with E-state index < -0.39 is 28.7 Å². The normalized spacial score (nSPS) is 17.4. The molecule has 0 saturated carbocycles. The molecule has 1 amide bonds. The van der Waals surface area contributed by atoms with E-state index in [9.17, 15) is 18.0 Å². The summed E-state index contributed by atoms with van der Waals surface area (Å²) in [6.45, 7) is 0.799. The molecule has 1 aliphatic rings. The highest BCUT2D eigenvalue weighted by Gasteiger charge is 2.35. The Labute approximate surface area is 194 Å². The smallest absolute Gasteiger partial charge is 0.344 e. The molecule has 2 N–H and O–H groups in total. The van der Waals surface area contributed by atoms with Gasteiger partial charge in [-0.05, 0) is 48.7 Å². The Morgan fingerprint density at radius 2 is 1.85 bits per heavy atom. The third kappa shape index (κ3) is 5.34. The quantitative estimate of drug-likeness (QED) is 0.517. The molecule has 1 fully saturated rings. The molecule has 0 spiro atoms. The van der Waals surface area contributed by atoms with Crippen LogP contribution in [0.3, 0.4) is 0 Å². The van der Waals surface area contributed by atoms with E-state index in [1.165, 1.54) is 18.5 Å². The van der Waals surface area contributed by atoms with E-state index >= 15 is 0 Å². The summed E-state index contributed by atoms with van der Waals surface area (Å²) in [5.41, 5.74) is 1.28. The minimum Gasteiger partial charge on any atom is -0.344 e. The Balaban J connectivity index is 1.68. The number of alkyl halides is 3. The Morgan fingerprint density at radius 1 is 1.09 bits per heavy atom. The highest BCUT2D eigenvalue weighted by molar-refractivity contribution is 6.34. The second-order valence-corrected chi connectivity index (χ2v) is 8.30. The van der Waals surface area contributed by atoms with Gasteiger partial charge in [-0.1, -0.05) is 42.3 Å². The number of rotatable bonds is 5. The summed E-state index contributed by atoms with van der Waals surface area (Å²) in [6.07, 6.45) is 3.02. The number of aromatic nitrogens is 2. The van der Waals surface area contributed by atoms with Crippen LogP contribution in [-0.4, -0.2) is 28.5 Å². The molecule has 2 atom stereocenters. The summed E-state index contributed by atoms with van der Waals surface area (Å²) in [7, 11) is 0. The van der Waals surface area contributed by atoms with E-state index in [2.05, 4.69) is 20.6 Å². The zero-order valence-electron chi connectivity index (χ0n) is 17.6. The van der Waals surface area contributed by atoms with Crippen molar-refractivity contribution in [3.8, 4) is 11.1 Å². The maximum absolute atomic E-state index is 13.3. The molecule has 0 bridgehead atoms. The molecule has 4 rings (SSSR count). The van der Waals surface area contributed by atoms with E-state index in [0.29, 0.717) is 0 Å². The third-order valence-electron chi connectivity index (χ3n) is 5.73. The Kier molecular flexibility index (Phi) is 6.95. The SMILES string of the molecule is O=C(N[C@@H](c1cccc(-c2cncnc2)c1)[C@@H]1CCCCN1)c1cccc(C(F)(F)F)c1Cl. The number of carbonyl (C=O) groups excluding carboxylic acids is 1. The molecular weight excluding hydrogens is 453 g/mol.